The Hall–Kier alpha value is -1.03. The van der Waals surface area contributed by atoms with Crippen LogP contribution >= 0.6 is 0 Å². The summed E-state index contributed by atoms with van der Waals surface area (Å²) in [5, 5.41) is 6.15. The van der Waals surface area contributed by atoms with E-state index in [1.807, 2.05) is 0 Å². The van der Waals surface area contributed by atoms with Crippen LogP contribution in [-0.2, 0) is 4.79 Å². The summed E-state index contributed by atoms with van der Waals surface area (Å²) in [7, 11) is 0. The molecular formula is C11H19N3O. The molecule has 2 N–H and O–H groups in total. The quantitative estimate of drug-likeness (QED) is 0.593. The van der Waals surface area contributed by atoms with Crippen LogP contribution in [0.3, 0.4) is 0 Å². The van der Waals surface area contributed by atoms with Crippen molar-refractivity contribution in [2.24, 2.45) is 0 Å². The Labute approximate surface area is 90.7 Å². The van der Waals surface area contributed by atoms with Gasteiger partial charge in [-0.1, -0.05) is 6.58 Å². The number of carbonyl (C=O) groups is 1. The van der Waals surface area contributed by atoms with Gasteiger partial charge in [-0.05, 0) is 25.8 Å². The van der Waals surface area contributed by atoms with Crippen molar-refractivity contribution >= 4 is 5.91 Å². The summed E-state index contributed by atoms with van der Waals surface area (Å²) in [5.41, 5.74) is 0.912. The predicted octanol–water partition coefficient (Wildman–Crippen LogP) is 0.0740. The van der Waals surface area contributed by atoms with Gasteiger partial charge < -0.3 is 10.6 Å². The number of rotatable bonds is 0. The topological polar surface area (TPSA) is 44.4 Å². The third-order valence-electron chi connectivity index (χ3n) is 3.14. The van der Waals surface area contributed by atoms with Gasteiger partial charge in [0.2, 0.25) is 5.91 Å². The molecule has 0 bridgehead atoms. The van der Waals surface area contributed by atoms with Crippen molar-refractivity contribution in [3.63, 3.8) is 0 Å². The highest BCUT2D eigenvalue weighted by molar-refractivity contribution is 5.82. The van der Waals surface area contributed by atoms with E-state index in [2.05, 4.69) is 22.1 Å². The van der Waals surface area contributed by atoms with Crippen molar-refractivity contribution in [1.82, 2.24) is 15.5 Å². The van der Waals surface area contributed by atoms with Gasteiger partial charge in [-0.2, -0.15) is 0 Å². The summed E-state index contributed by atoms with van der Waals surface area (Å²) >= 11 is 0. The molecule has 0 aromatic heterocycles. The van der Waals surface area contributed by atoms with Gasteiger partial charge in [-0.25, -0.2) is 0 Å². The summed E-state index contributed by atoms with van der Waals surface area (Å²) in [5.74, 6) is 0.164. The smallest absolute Gasteiger partial charge is 0.237 e. The molecule has 2 aliphatic rings. The molecule has 0 unspecified atom stereocenters. The Morgan fingerprint density at radius 1 is 1.27 bits per heavy atom. The van der Waals surface area contributed by atoms with Crippen molar-refractivity contribution in [1.29, 1.82) is 0 Å². The molecule has 2 rings (SSSR count). The first-order chi connectivity index (χ1) is 7.27. The summed E-state index contributed by atoms with van der Waals surface area (Å²) < 4.78 is 0. The molecule has 0 aromatic carbocycles. The highest BCUT2D eigenvalue weighted by atomic mass is 16.2. The Balaban J connectivity index is 1.99. The van der Waals surface area contributed by atoms with Crippen LogP contribution in [0.4, 0.5) is 0 Å². The van der Waals surface area contributed by atoms with Crippen molar-refractivity contribution < 1.29 is 4.79 Å². The maximum absolute atomic E-state index is 11.8. The lowest BCUT2D eigenvalue weighted by atomic mass is 10.2. The van der Waals surface area contributed by atoms with Crippen LogP contribution in [0.15, 0.2) is 12.3 Å². The molecule has 2 fully saturated rings. The zero-order valence-electron chi connectivity index (χ0n) is 9.09. The summed E-state index contributed by atoms with van der Waals surface area (Å²) in [6.07, 6.45) is 3.24. The zero-order chi connectivity index (χ0) is 10.7. The summed E-state index contributed by atoms with van der Waals surface area (Å²) in [6, 6.07) is 0.107. The molecule has 0 saturated carbocycles. The molecular weight excluding hydrogens is 190 g/mol. The molecule has 4 nitrogen and oxygen atoms in total. The van der Waals surface area contributed by atoms with Gasteiger partial charge in [0.1, 0.15) is 0 Å². The molecule has 0 aliphatic carbocycles. The molecule has 15 heavy (non-hydrogen) atoms. The summed E-state index contributed by atoms with van der Waals surface area (Å²) in [4.78, 5) is 14.1. The van der Waals surface area contributed by atoms with E-state index in [1.165, 1.54) is 0 Å². The SMILES string of the molecule is C=C1CNC(=O)[C@@H]2CCCN2CCCN1. The second-order valence-corrected chi connectivity index (χ2v) is 4.30. The van der Waals surface area contributed by atoms with Gasteiger partial charge in [0, 0.05) is 18.8 Å². The number of hydrogen-bond acceptors (Lipinski definition) is 3. The first-order valence-electron chi connectivity index (χ1n) is 5.71. The molecule has 1 amide bonds. The van der Waals surface area contributed by atoms with Gasteiger partial charge >= 0.3 is 0 Å². The number of carbonyl (C=O) groups excluding carboxylic acids is 1. The molecule has 0 spiro atoms. The van der Waals surface area contributed by atoms with Crippen LogP contribution in [0.2, 0.25) is 0 Å². The van der Waals surface area contributed by atoms with Crippen LogP contribution in [0.25, 0.3) is 0 Å². The fourth-order valence-electron chi connectivity index (χ4n) is 2.31. The number of nitrogens with zero attached hydrogens (tertiary/aromatic N) is 1. The number of hydrogen-bond donors (Lipinski definition) is 2. The van der Waals surface area contributed by atoms with Gasteiger partial charge in [0.15, 0.2) is 0 Å². The second kappa shape index (κ2) is 4.66. The minimum atomic E-state index is 0.107. The molecule has 84 valence electrons. The molecule has 4 heteroatoms. The number of amides is 1. The molecule has 0 aromatic rings. The number of nitrogens with one attached hydrogen (secondary N) is 2. The average Bonchev–Trinajstić information content (AvgIpc) is 2.68. The normalized spacial score (nSPS) is 29.2. The van der Waals surface area contributed by atoms with E-state index in [4.69, 9.17) is 0 Å². The summed E-state index contributed by atoms with van der Waals surface area (Å²) in [6.45, 7) is 7.46. The van der Waals surface area contributed by atoms with Crippen molar-refractivity contribution in [2.75, 3.05) is 26.2 Å². The van der Waals surface area contributed by atoms with Crippen LogP contribution < -0.4 is 10.6 Å². The number of fused-ring (bicyclic) bond motifs is 1. The Morgan fingerprint density at radius 2 is 2.07 bits per heavy atom. The molecule has 1 atom stereocenters. The molecule has 2 saturated heterocycles. The van der Waals surface area contributed by atoms with Gasteiger partial charge in [0.05, 0.1) is 12.6 Å². The fourth-order valence-corrected chi connectivity index (χ4v) is 2.31. The maximum atomic E-state index is 11.8. The monoisotopic (exact) mass is 209 g/mol. The minimum absolute atomic E-state index is 0.107. The Kier molecular flexibility index (Phi) is 3.26. The molecule has 0 radical (unpaired) electrons. The fraction of sp³-hybridized carbons (Fsp3) is 0.727. The highest BCUT2D eigenvalue weighted by Gasteiger charge is 2.30. The van der Waals surface area contributed by atoms with E-state index in [1.54, 1.807) is 0 Å². The largest absolute Gasteiger partial charge is 0.387 e. The average molecular weight is 209 g/mol. The van der Waals surface area contributed by atoms with Gasteiger partial charge in [0.25, 0.3) is 0 Å². The standard InChI is InChI=1S/C11H19N3O/c1-9-8-13-11(15)10-4-2-6-14(10)7-3-5-12-9/h10,12H,1-8H2,(H,13,15)/t10-/m0/s1. The van der Waals surface area contributed by atoms with Gasteiger partial charge in [-0.3, -0.25) is 9.69 Å². The van der Waals surface area contributed by atoms with E-state index in [0.717, 1.165) is 44.6 Å². The van der Waals surface area contributed by atoms with E-state index in [-0.39, 0.29) is 11.9 Å². The highest BCUT2D eigenvalue weighted by Crippen LogP contribution is 2.17. The van der Waals surface area contributed by atoms with E-state index < -0.39 is 0 Å². The van der Waals surface area contributed by atoms with E-state index >= 15 is 0 Å². The third-order valence-corrected chi connectivity index (χ3v) is 3.14. The minimum Gasteiger partial charge on any atom is -0.387 e. The lowest BCUT2D eigenvalue weighted by Gasteiger charge is -2.25. The lowest BCUT2D eigenvalue weighted by Crippen LogP contribution is -2.46. The van der Waals surface area contributed by atoms with Crippen molar-refractivity contribution in [3.05, 3.63) is 12.3 Å². The van der Waals surface area contributed by atoms with Crippen molar-refractivity contribution in [2.45, 2.75) is 25.3 Å². The van der Waals surface area contributed by atoms with Crippen LogP contribution in [0, 0.1) is 0 Å². The van der Waals surface area contributed by atoms with E-state index in [0.29, 0.717) is 6.54 Å². The predicted molar refractivity (Wildman–Crippen MR) is 59.4 cm³/mol. The first-order valence-corrected chi connectivity index (χ1v) is 5.71. The first kappa shape index (κ1) is 10.5. The molecule has 2 aliphatic heterocycles. The van der Waals surface area contributed by atoms with Crippen LogP contribution in [0.5, 0.6) is 0 Å². The molecule has 2 heterocycles. The second-order valence-electron chi connectivity index (χ2n) is 4.30. The zero-order valence-corrected chi connectivity index (χ0v) is 9.09. The Bertz CT molecular complexity index is 265. The Morgan fingerprint density at radius 3 is 2.93 bits per heavy atom. The van der Waals surface area contributed by atoms with E-state index in [9.17, 15) is 4.79 Å². The van der Waals surface area contributed by atoms with Crippen LogP contribution in [0.1, 0.15) is 19.3 Å². The van der Waals surface area contributed by atoms with Crippen LogP contribution in [-0.4, -0.2) is 43.0 Å². The maximum Gasteiger partial charge on any atom is 0.237 e. The van der Waals surface area contributed by atoms with Crippen molar-refractivity contribution in [3.8, 4) is 0 Å². The third kappa shape index (κ3) is 2.50. The lowest BCUT2D eigenvalue weighted by molar-refractivity contribution is -0.125. The van der Waals surface area contributed by atoms with Gasteiger partial charge in [-0.15, -0.1) is 0 Å².